The largest absolute Gasteiger partial charge is 0.381 e. The minimum absolute atomic E-state index is 0.0279. The Kier molecular flexibility index (Phi) is 2.79. The molecular formula is C15H20N4O. The quantitative estimate of drug-likeness (QED) is 0.925. The number of aromatic nitrogens is 3. The highest BCUT2D eigenvalue weighted by Crippen LogP contribution is 2.43. The average molecular weight is 272 g/mol. The number of pyridine rings is 1. The molecule has 3 heterocycles. The summed E-state index contributed by atoms with van der Waals surface area (Å²) in [6, 6.07) is 2.68. The molecule has 20 heavy (non-hydrogen) atoms. The molecule has 4 rings (SSSR count). The molecule has 1 aliphatic heterocycles. The topological polar surface area (TPSA) is 66.0 Å². The van der Waals surface area contributed by atoms with Crippen molar-refractivity contribution in [2.24, 2.45) is 5.73 Å². The summed E-state index contributed by atoms with van der Waals surface area (Å²) in [5.41, 5.74) is 8.33. The molecule has 2 aliphatic rings. The van der Waals surface area contributed by atoms with Gasteiger partial charge in [0.05, 0.1) is 11.7 Å². The number of ether oxygens (including phenoxy) is 1. The van der Waals surface area contributed by atoms with Gasteiger partial charge in [0, 0.05) is 37.4 Å². The van der Waals surface area contributed by atoms with Crippen LogP contribution in [0, 0.1) is 0 Å². The molecule has 2 fully saturated rings. The first kappa shape index (κ1) is 12.3. The van der Waals surface area contributed by atoms with Gasteiger partial charge < -0.3 is 15.0 Å². The number of fused-ring (bicyclic) bond motifs is 1. The smallest absolute Gasteiger partial charge is 0.117 e. The van der Waals surface area contributed by atoms with Crippen LogP contribution in [0.5, 0.6) is 0 Å². The van der Waals surface area contributed by atoms with Crippen LogP contribution in [0.25, 0.3) is 11.0 Å². The Morgan fingerprint density at radius 3 is 2.85 bits per heavy atom. The van der Waals surface area contributed by atoms with Crippen molar-refractivity contribution in [3.05, 3.63) is 24.3 Å². The van der Waals surface area contributed by atoms with E-state index < -0.39 is 0 Å². The van der Waals surface area contributed by atoms with Crippen LogP contribution in [0.2, 0.25) is 0 Å². The number of imidazole rings is 1. The molecule has 0 aromatic carbocycles. The van der Waals surface area contributed by atoms with Gasteiger partial charge in [-0.15, -0.1) is 0 Å². The molecule has 2 N–H and O–H groups in total. The van der Waals surface area contributed by atoms with E-state index in [9.17, 15) is 0 Å². The minimum atomic E-state index is -0.0279. The normalized spacial score (nSPS) is 22.2. The molecule has 1 saturated heterocycles. The lowest BCUT2D eigenvalue weighted by molar-refractivity contribution is 0.0488. The average Bonchev–Trinajstić information content (AvgIpc) is 3.27. The van der Waals surface area contributed by atoms with Crippen molar-refractivity contribution in [1.82, 2.24) is 14.5 Å². The highest BCUT2D eigenvalue weighted by molar-refractivity contribution is 5.75. The molecule has 0 radical (unpaired) electrons. The van der Waals surface area contributed by atoms with Gasteiger partial charge in [0.25, 0.3) is 0 Å². The van der Waals surface area contributed by atoms with Crippen LogP contribution < -0.4 is 5.73 Å². The lowest BCUT2D eigenvalue weighted by atomic mass is 9.79. The number of nitrogens with two attached hydrogens (primary N) is 1. The summed E-state index contributed by atoms with van der Waals surface area (Å²) in [5.74, 6) is 1.16. The molecule has 0 atom stereocenters. The zero-order chi connectivity index (χ0) is 13.6. The molecule has 5 heteroatoms. The molecule has 1 saturated carbocycles. The van der Waals surface area contributed by atoms with E-state index in [1.807, 2.05) is 12.4 Å². The fourth-order valence-corrected chi connectivity index (χ4v) is 3.31. The molecule has 0 unspecified atom stereocenters. The number of hydrogen-bond acceptors (Lipinski definition) is 4. The molecule has 2 aromatic heterocycles. The Balaban J connectivity index is 1.91. The van der Waals surface area contributed by atoms with Gasteiger partial charge in [0.15, 0.2) is 0 Å². The Hall–Kier alpha value is -1.46. The van der Waals surface area contributed by atoms with Crippen LogP contribution >= 0.6 is 0 Å². The lowest BCUT2D eigenvalue weighted by Crippen LogP contribution is -2.42. The predicted molar refractivity (Wildman–Crippen MR) is 76.6 cm³/mol. The third-order valence-corrected chi connectivity index (χ3v) is 4.72. The summed E-state index contributed by atoms with van der Waals surface area (Å²) in [6.07, 6.45) is 8.14. The highest BCUT2D eigenvalue weighted by Gasteiger charge is 2.40. The monoisotopic (exact) mass is 272 g/mol. The molecule has 0 bridgehead atoms. The van der Waals surface area contributed by atoms with Gasteiger partial charge in [0.2, 0.25) is 0 Å². The molecule has 106 valence electrons. The van der Waals surface area contributed by atoms with E-state index in [1.165, 1.54) is 18.4 Å². The zero-order valence-electron chi connectivity index (χ0n) is 11.6. The van der Waals surface area contributed by atoms with Gasteiger partial charge in [-0.1, -0.05) is 0 Å². The van der Waals surface area contributed by atoms with E-state index in [4.69, 9.17) is 15.5 Å². The predicted octanol–water partition coefficient (Wildman–Crippen LogP) is 1.77. The summed E-state index contributed by atoms with van der Waals surface area (Å²) >= 11 is 0. The third kappa shape index (κ3) is 1.77. The first-order valence-corrected chi connectivity index (χ1v) is 7.44. The van der Waals surface area contributed by atoms with E-state index in [1.54, 1.807) is 0 Å². The molecular weight excluding hydrogens is 252 g/mol. The zero-order valence-corrected chi connectivity index (χ0v) is 11.6. The summed E-state index contributed by atoms with van der Waals surface area (Å²) in [6.45, 7) is 2.20. The van der Waals surface area contributed by atoms with E-state index in [2.05, 4.69) is 15.6 Å². The molecule has 5 nitrogen and oxygen atoms in total. The Labute approximate surface area is 118 Å². The molecule has 1 aliphatic carbocycles. The Morgan fingerprint density at radius 2 is 2.15 bits per heavy atom. The maximum atomic E-state index is 6.16. The van der Waals surface area contributed by atoms with Crippen LogP contribution in [0.4, 0.5) is 0 Å². The van der Waals surface area contributed by atoms with Gasteiger partial charge in [-0.05, 0) is 31.7 Å². The van der Waals surface area contributed by atoms with Crippen molar-refractivity contribution in [1.29, 1.82) is 0 Å². The van der Waals surface area contributed by atoms with Crippen molar-refractivity contribution in [2.75, 3.05) is 19.8 Å². The highest BCUT2D eigenvalue weighted by atomic mass is 16.5. The lowest BCUT2D eigenvalue weighted by Gasteiger charge is -2.36. The van der Waals surface area contributed by atoms with Gasteiger partial charge in [-0.2, -0.15) is 0 Å². The minimum Gasteiger partial charge on any atom is -0.381 e. The van der Waals surface area contributed by atoms with Crippen LogP contribution in [-0.4, -0.2) is 34.3 Å². The Morgan fingerprint density at radius 1 is 1.35 bits per heavy atom. The molecule has 2 aromatic rings. The second-order valence-corrected chi connectivity index (χ2v) is 6.00. The maximum absolute atomic E-state index is 6.16. The van der Waals surface area contributed by atoms with Gasteiger partial charge >= 0.3 is 0 Å². The second kappa shape index (κ2) is 4.53. The van der Waals surface area contributed by atoms with Crippen LogP contribution in [0.3, 0.4) is 0 Å². The fraction of sp³-hybridized carbons (Fsp3) is 0.600. The van der Waals surface area contributed by atoms with Crippen molar-refractivity contribution in [3.8, 4) is 0 Å². The van der Waals surface area contributed by atoms with Crippen molar-refractivity contribution >= 4 is 11.0 Å². The van der Waals surface area contributed by atoms with E-state index in [0.717, 1.165) is 37.4 Å². The SMILES string of the molecule is NCC1(c2nc3cnccc3n2C2CC2)CCOCC1. The number of hydrogen-bond donors (Lipinski definition) is 1. The molecule has 0 amide bonds. The molecule has 0 spiro atoms. The van der Waals surface area contributed by atoms with Crippen LogP contribution in [-0.2, 0) is 10.2 Å². The van der Waals surface area contributed by atoms with Crippen LogP contribution in [0.15, 0.2) is 18.5 Å². The first-order valence-electron chi connectivity index (χ1n) is 7.44. The number of nitrogens with zero attached hydrogens (tertiary/aromatic N) is 3. The Bertz CT molecular complexity index is 626. The van der Waals surface area contributed by atoms with E-state index in [0.29, 0.717) is 12.6 Å². The third-order valence-electron chi connectivity index (χ3n) is 4.72. The maximum Gasteiger partial charge on any atom is 0.117 e. The summed E-state index contributed by atoms with van der Waals surface area (Å²) in [4.78, 5) is 9.11. The van der Waals surface area contributed by atoms with Gasteiger partial charge in [-0.25, -0.2) is 4.98 Å². The summed E-state index contributed by atoms with van der Waals surface area (Å²) in [7, 11) is 0. The summed E-state index contributed by atoms with van der Waals surface area (Å²) < 4.78 is 7.96. The van der Waals surface area contributed by atoms with Gasteiger partial charge in [0.1, 0.15) is 11.3 Å². The first-order chi connectivity index (χ1) is 9.84. The van der Waals surface area contributed by atoms with Crippen LogP contribution in [0.1, 0.15) is 37.5 Å². The van der Waals surface area contributed by atoms with E-state index >= 15 is 0 Å². The van der Waals surface area contributed by atoms with Gasteiger partial charge in [-0.3, -0.25) is 4.98 Å². The standard InChI is InChI=1S/C15H20N4O/c16-10-15(4-7-20-8-5-15)14-18-12-9-17-6-3-13(12)19(14)11-1-2-11/h3,6,9,11H,1-2,4-5,7-8,10,16H2. The van der Waals surface area contributed by atoms with Crippen molar-refractivity contribution in [3.63, 3.8) is 0 Å². The fourth-order valence-electron chi connectivity index (χ4n) is 3.31. The van der Waals surface area contributed by atoms with E-state index in [-0.39, 0.29) is 5.41 Å². The summed E-state index contributed by atoms with van der Waals surface area (Å²) in [5, 5.41) is 0. The van der Waals surface area contributed by atoms with Crippen molar-refractivity contribution < 1.29 is 4.74 Å². The second-order valence-electron chi connectivity index (χ2n) is 6.00. The number of rotatable bonds is 3. The van der Waals surface area contributed by atoms with Crippen molar-refractivity contribution in [2.45, 2.75) is 37.1 Å².